The van der Waals surface area contributed by atoms with E-state index in [4.69, 9.17) is 0 Å². The molecule has 1 saturated carbocycles. The number of nitrogens with one attached hydrogen (secondary N) is 1. The second-order valence-corrected chi connectivity index (χ2v) is 6.54. The molecule has 5 heteroatoms. The van der Waals surface area contributed by atoms with E-state index in [-0.39, 0.29) is 5.91 Å². The summed E-state index contributed by atoms with van der Waals surface area (Å²) in [5.41, 5.74) is 0.0223. The molecule has 0 saturated heterocycles. The Kier molecular flexibility index (Phi) is 5.17. The highest BCUT2D eigenvalue weighted by atomic mass is 32.1. The molecule has 2 rings (SSSR count). The van der Waals surface area contributed by atoms with Gasteiger partial charge in [-0.25, -0.2) is 4.79 Å². The van der Waals surface area contributed by atoms with Crippen LogP contribution in [0.2, 0.25) is 0 Å². The maximum atomic E-state index is 12.1. The number of amides is 1. The summed E-state index contributed by atoms with van der Waals surface area (Å²) in [6, 6.07) is 1.99. The van der Waals surface area contributed by atoms with Crippen LogP contribution in [0, 0.1) is 6.92 Å². The Morgan fingerprint density at radius 2 is 1.95 bits per heavy atom. The Morgan fingerprint density at radius 1 is 1.29 bits per heavy atom. The van der Waals surface area contributed by atoms with Crippen LogP contribution in [0.25, 0.3) is 6.08 Å². The van der Waals surface area contributed by atoms with Gasteiger partial charge in [-0.15, -0.1) is 11.3 Å². The average molecular weight is 307 g/mol. The van der Waals surface area contributed by atoms with Gasteiger partial charge in [0.1, 0.15) is 5.54 Å². The number of thiophene rings is 1. The highest BCUT2D eigenvalue weighted by Gasteiger charge is 2.39. The Bertz CT molecular complexity index is 539. The number of hydrogen-bond donors (Lipinski definition) is 2. The normalized spacial score (nSPS) is 18.3. The van der Waals surface area contributed by atoms with Crippen LogP contribution in [0.1, 0.15) is 49.0 Å². The van der Waals surface area contributed by atoms with Gasteiger partial charge in [-0.1, -0.05) is 25.7 Å². The van der Waals surface area contributed by atoms with Crippen molar-refractivity contribution in [2.45, 2.75) is 51.0 Å². The summed E-state index contributed by atoms with van der Waals surface area (Å²) in [6.45, 7) is 1.98. The zero-order chi connectivity index (χ0) is 15.3. The standard InChI is InChI=1S/C16H21NO3S/c1-12-8-11-21-13(12)6-7-14(18)17-16(15(19)20)9-4-2-3-5-10-16/h6-8,11H,2-5,9-10H2,1H3,(H,17,18)(H,19,20)/b7-6+. The predicted molar refractivity (Wildman–Crippen MR) is 84.3 cm³/mol. The summed E-state index contributed by atoms with van der Waals surface area (Å²) >= 11 is 1.56. The first-order chi connectivity index (χ1) is 10.0. The minimum Gasteiger partial charge on any atom is -0.480 e. The molecular weight excluding hydrogens is 286 g/mol. The van der Waals surface area contributed by atoms with Crippen molar-refractivity contribution in [3.63, 3.8) is 0 Å². The molecule has 0 atom stereocenters. The molecule has 1 aliphatic rings. The molecule has 2 N–H and O–H groups in total. The first-order valence-electron chi connectivity index (χ1n) is 7.31. The number of hydrogen-bond acceptors (Lipinski definition) is 3. The van der Waals surface area contributed by atoms with E-state index in [1.54, 1.807) is 17.4 Å². The van der Waals surface area contributed by atoms with Crippen molar-refractivity contribution < 1.29 is 14.7 Å². The maximum Gasteiger partial charge on any atom is 0.329 e. The van der Waals surface area contributed by atoms with Gasteiger partial charge < -0.3 is 10.4 Å². The Morgan fingerprint density at radius 3 is 2.48 bits per heavy atom. The molecule has 0 unspecified atom stereocenters. The number of aliphatic carboxylic acids is 1. The van der Waals surface area contributed by atoms with Crippen LogP contribution in [0.3, 0.4) is 0 Å². The van der Waals surface area contributed by atoms with E-state index < -0.39 is 11.5 Å². The Balaban J connectivity index is 2.06. The second-order valence-electron chi connectivity index (χ2n) is 5.59. The van der Waals surface area contributed by atoms with Gasteiger partial charge >= 0.3 is 5.97 Å². The van der Waals surface area contributed by atoms with Crippen molar-refractivity contribution in [3.05, 3.63) is 28.0 Å². The van der Waals surface area contributed by atoms with E-state index in [0.717, 1.165) is 36.1 Å². The van der Waals surface area contributed by atoms with Gasteiger partial charge in [0.25, 0.3) is 0 Å². The zero-order valence-electron chi connectivity index (χ0n) is 12.2. The monoisotopic (exact) mass is 307 g/mol. The molecule has 114 valence electrons. The van der Waals surface area contributed by atoms with E-state index >= 15 is 0 Å². The molecule has 1 heterocycles. The highest BCUT2D eigenvalue weighted by molar-refractivity contribution is 7.11. The fourth-order valence-corrected chi connectivity index (χ4v) is 3.53. The minimum absolute atomic E-state index is 0.327. The Hall–Kier alpha value is -1.62. The van der Waals surface area contributed by atoms with Gasteiger partial charge in [-0.05, 0) is 42.9 Å². The fourth-order valence-electron chi connectivity index (χ4n) is 2.71. The molecule has 1 fully saturated rings. The SMILES string of the molecule is Cc1ccsc1/C=C/C(=O)NC1(C(=O)O)CCCCCC1. The van der Waals surface area contributed by atoms with E-state index in [9.17, 15) is 14.7 Å². The molecule has 0 aliphatic heterocycles. The van der Waals surface area contributed by atoms with Crippen molar-refractivity contribution in [1.29, 1.82) is 0 Å². The lowest BCUT2D eigenvalue weighted by atomic mass is 9.90. The molecule has 1 aromatic heterocycles. The van der Waals surface area contributed by atoms with Crippen molar-refractivity contribution in [1.82, 2.24) is 5.32 Å². The minimum atomic E-state index is -1.09. The predicted octanol–water partition coefficient (Wildman–Crippen LogP) is 3.36. The van der Waals surface area contributed by atoms with Crippen LogP contribution in [0.5, 0.6) is 0 Å². The quantitative estimate of drug-likeness (QED) is 0.662. The molecule has 21 heavy (non-hydrogen) atoms. The van der Waals surface area contributed by atoms with E-state index in [2.05, 4.69) is 5.32 Å². The number of rotatable bonds is 4. The number of carbonyl (C=O) groups is 2. The Labute approximate surface area is 128 Å². The molecule has 1 aromatic rings. The van der Waals surface area contributed by atoms with E-state index in [1.807, 2.05) is 18.4 Å². The number of carboxylic acid groups (broad SMARTS) is 1. The van der Waals surface area contributed by atoms with Crippen molar-refractivity contribution in [2.75, 3.05) is 0 Å². The van der Waals surface area contributed by atoms with Crippen LogP contribution in [-0.4, -0.2) is 22.5 Å². The molecule has 0 bridgehead atoms. The summed E-state index contributed by atoms with van der Waals surface area (Å²) in [4.78, 5) is 24.7. The summed E-state index contributed by atoms with van der Waals surface area (Å²) in [5.74, 6) is -1.24. The maximum absolute atomic E-state index is 12.1. The lowest BCUT2D eigenvalue weighted by Crippen LogP contribution is -2.53. The number of carbonyl (C=O) groups excluding carboxylic acids is 1. The summed E-state index contributed by atoms with van der Waals surface area (Å²) in [7, 11) is 0. The zero-order valence-corrected chi connectivity index (χ0v) is 13.0. The van der Waals surface area contributed by atoms with E-state index in [0.29, 0.717) is 12.8 Å². The van der Waals surface area contributed by atoms with E-state index in [1.165, 1.54) is 6.08 Å². The van der Waals surface area contributed by atoms with Gasteiger partial charge in [-0.2, -0.15) is 0 Å². The largest absolute Gasteiger partial charge is 0.480 e. The summed E-state index contributed by atoms with van der Waals surface area (Å²) < 4.78 is 0. The van der Waals surface area contributed by atoms with Crippen LogP contribution < -0.4 is 5.32 Å². The molecule has 0 radical (unpaired) electrons. The molecule has 4 nitrogen and oxygen atoms in total. The first kappa shape index (κ1) is 15.8. The van der Waals surface area contributed by atoms with Crippen molar-refractivity contribution in [2.24, 2.45) is 0 Å². The average Bonchev–Trinajstić information content (AvgIpc) is 2.70. The van der Waals surface area contributed by atoms with Crippen LogP contribution in [0.4, 0.5) is 0 Å². The first-order valence-corrected chi connectivity index (χ1v) is 8.19. The van der Waals surface area contributed by atoms with Gasteiger partial charge in [0.2, 0.25) is 5.91 Å². The van der Waals surface area contributed by atoms with Crippen molar-refractivity contribution in [3.8, 4) is 0 Å². The van der Waals surface area contributed by atoms with Crippen LogP contribution in [-0.2, 0) is 9.59 Å². The third kappa shape index (κ3) is 3.94. The number of aryl methyl sites for hydroxylation is 1. The number of carboxylic acids is 1. The second kappa shape index (κ2) is 6.89. The molecule has 1 aliphatic carbocycles. The topological polar surface area (TPSA) is 66.4 Å². The molecular formula is C16H21NO3S. The van der Waals surface area contributed by atoms with Gasteiger partial charge in [0, 0.05) is 11.0 Å². The lowest BCUT2D eigenvalue weighted by Gasteiger charge is -2.28. The highest BCUT2D eigenvalue weighted by Crippen LogP contribution is 2.27. The fraction of sp³-hybridized carbons (Fsp3) is 0.500. The molecule has 0 spiro atoms. The van der Waals surface area contributed by atoms with Crippen LogP contribution >= 0.6 is 11.3 Å². The molecule has 0 aromatic carbocycles. The third-order valence-electron chi connectivity index (χ3n) is 4.02. The third-order valence-corrected chi connectivity index (χ3v) is 5.00. The molecule has 1 amide bonds. The van der Waals surface area contributed by atoms with Gasteiger partial charge in [0.05, 0.1) is 0 Å². The van der Waals surface area contributed by atoms with Crippen molar-refractivity contribution >= 4 is 29.3 Å². The van der Waals surface area contributed by atoms with Gasteiger partial charge in [-0.3, -0.25) is 4.79 Å². The smallest absolute Gasteiger partial charge is 0.329 e. The van der Waals surface area contributed by atoms with Gasteiger partial charge in [0.15, 0.2) is 0 Å². The van der Waals surface area contributed by atoms with Crippen LogP contribution in [0.15, 0.2) is 17.5 Å². The summed E-state index contributed by atoms with van der Waals surface area (Å²) in [6.07, 6.45) is 7.99. The lowest BCUT2D eigenvalue weighted by molar-refractivity contribution is -0.147. The summed E-state index contributed by atoms with van der Waals surface area (Å²) in [5, 5.41) is 14.2.